The number of hydrogen-bond donors (Lipinski definition) is 2. The van der Waals surface area contributed by atoms with E-state index in [9.17, 15) is 22.8 Å². The van der Waals surface area contributed by atoms with Crippen LogP contribution in [-0.4, -0.2) is 75.0 Å². The predicted octanol–water partition coefficient (Wildman–Crippen LogP) is 2.41. The Hall–Kier alpha value is -3.00. The Morgan fingerprint density at radius 2 is 2.00 bits per heavy atom. The van der Waals surface area contributed by atoms with Crippen LogP contribution in [0.1, 0.15) is 50.9 Å². The molecular formula is C24H30N4O7S2. The first-order valence-corrected chi connectivity index (χ1v) is 14.2. The van der Waals surface area contributed by atoms with E-state index in [0.29, 0.717) is 30.1 Å². The molecule has 0 aliphatic carbocycles. The van der Waals surface area contributed by atoms with Crippen LogP contribution in [0.3, 0.4) is 0 Å². The fourth-order valence-corrected chi connectivity index (χ4v) is 6.90. The van der Waals surface area contributed by atoms with Crippen molar-refractivity contribution in [3.63, 3.8) is 0 Å². The maximum atomic E-state index is 13.0. The highest BCUT2D eigenvalue weighted by Gasteiger charge is 2.30. The molecule has 2 aliphatic rings. The van der Waals surface area contributed by atoms with Gasteiger partial charge in [0.05, 0.1) is 29.7 Å². The van der Waals surface area contributed by atoms with Gasteiger partial charge in [-0.1, -0.05) is 0 Å². The van der Waals surface area contributed by atoms with Crippen LogP contribution in [0.15, 0.2) is 29.2 Å². The van der Waals surface area contributed by atoms with Gasteiger partial charge in [-0.3, -0.25) is 9.59 Å². The smallest absolute Gasteiger partial charge is 0.410 e. The van der Waals surface area contributed by atoms with E-state index in [1.165, 1.54) is 51.9 Å². The minimum absolute atomic E-state index is 0.0630. The molecule has 0 bridgehead atoms. The topological polar surface area (TPSA) is 148 Å². The number of anilines is 1. The number of carbonyl (C=O) groups excluding carboxylic acids is 3. The van der Waals surface area contributed by atoms with Crippen LogP contribution < -0.4 is 11.1 Å². The first-order valence-electron chi connectivity index (χ1n) is 12.0. The summed E-state index contributed by atoms with van der Waals surface area (Å²) in [6, 6.07) is 5.59. The van der Waals surface area contributed by atoms with Crippen LogP contribution in [0.4, 0.5) is 9.80 Å². The summed E-state index contributed by atoms with van der Waals surface area (Å²) in [5, 5.41) is 3.02. The zero-order valence-electron chi connectivity index (χ0n) is 20.7. The summed E-state index contributed by atoms with van der Waals surface area (Å²) in [7, 11) is -2.24. The van der Waals surface area contributed by atoms with E-state index in [1.54, 1.807) is 6.92 Å². The zero-order valence-corrected chi connectivity index (χ0v) is 22.3. The standard InChI is InChI=1S/C24H30N4O7S2/c1-3-34-24(31)28-11-10-18-19(14-28)36-23(20(18)21(25)29)26-22(30)15-6-8-17(9-7-15)37(32,33)27(2)13-16-5-4-12-35-16/h6-9,16H,3-5,10-14H2,1-2H3,(H2,25,29)(H,26,30). The lowest BCUT2D eigenvalue weighted by molar-refractivity contribution is 0.0978. The number of thiophene rings is 1. The fraction of sp³-hybridized carbons (Fsp3) is 0.458. The van der Waals surface area contributed by atoms with Crippen LogP contribution in [0, 0.1) is 0 Å². The number of rotatable bonds is 8. The summed E-state index contributed by atoms with van der Waals surface area (Å²) >= 11 is 1.18. The summed E-state index contributed by atoms with van der Waals surface area (Å²) < 4.78 is 37.7. The molecule has 4 rings (SSSR count). The number of amides is 3. The van der Waals surface area contributed by atoms with E-state index in [4.69, 9.17) is 15.2 Å². The molecule has 1 aromatic carbocycles. The molecule has 0 radical (unpaired) electrons. The van der Waals surface area contributed by atoms with E-state index in [-0.39, 0.29) is 41.8 Å². The van der Waals surface area contributed by atoms with Crippen LogP contribution in [0.2, 0.25) is 0 Å². The van der Waals surface area contributed by atoms with Crippen LogP contribution >= 0.6 is 11.3 Å². The summed E-state index contributed by atoms with van der Waals surface area (Å²) in [6.07, 6.45) is 1.58. The number of primary amides is 1. The molecule has 3 N–H and O–H groups in total. The van der Waals surface area contributed by atoms with Crippen molar-refractivity contribution in [2.75, 3.05) is 38.7 Å². The number of fused-ring (bicyclic) bond motifs is 1. The third-order valence-electron chi connectivity index (χ3n) is 6.37. The van der Waals surface area contributed by atoms with Gasteiger partial charge >= 0.3 is 6.09 Å². The Balaban J connectivity index is 1.48. The second kappa shape index (κ2) is 11.2. The molecule has 37 heavy (non-hydrogen) atoms. The molecule has 3 amide bonds. The molecule has 1 saturated heterocycles. The largest absolute Gasteiger partial charge is 0.450 e. The highest BCUT2D eigenvalue weighted by molar-refractivity contribution is 7.89. The van der Waals surface area contributed by atoms with Crippen molar-refractivity contribution >= 4 is 44.3 Å². The number of nitrogens with one attached hydrogen (secondary N) is 1. The molecule has 0 spiro atoms. The van der Waals surface area contributed by atoms with Gasteiger partial charge in [-0.15, -0.1) is 11.3 Å². The number of nitrogens with zero attached hydrogens (tertiary/aromatic N) is 2. The molecule has 13 heteroatoms. The molecular weight excluding hydrogens is 520 g/mol. The predicted molar refractivity (Wildman–Crippen MR) is 137 cm³/mol. The highest BCUT2D eigenvalue weighted by atomic mass is 32.2. The maximum absolute atomic E-state index is 13.0. The van der Waals surface area contributed by atoms with Gasteiger partial charge in [-0.05, 0) is 56.0 Å². The van der Waals surface area contributed by atoms with Crippen LogP contribution in [0.25, 0.3) is 0 Å². The molecule has 11 nitrogen and oxygen atoms in total. The minimum Gasteiger partial charge on any atom is -0.450 e. The number of benzene rings is 1. The molecule has 3 heterocycles. The lowest BCUT2D eigenvalue weighted by Gasteiger charge is -2.26. The Labute approximate surface area is 219 Å². The van der Waals surface area contributed by atoms with E-state index in [1.807, 2.05) is 0 Å². The van der Waals surface area contributed by atoms with Crippen molar-refractivity contribution < 1.29 is 32.3 Å². The monoisotopic (exact) mass is 550 g/mol. The van der Waals surface area contributed by atoms with Crippen molar-refractivity contribution in [3.8, 4) is 0 Å². The normalized spacial score (nSPS) is 17.5. The van der Waals surface area contributed by atoms with Crippen LogP contribution in [-0.2, 0) is 32.5 Å². The number of nitrogens with two attached hydrogens (primary N) is 1. The Kier molecular flexibility index (Phi) is 8.17. The van der Waals surface area contributed by atoms with E-state index in [0.717, 1.165) is 17.7 Å². The maximum Gasteiger partial charge on any atom is 0.410 e. The van der Waals surface area contributed by atoms with Gasteiger partial charge in [-0.25, -0.2) is 13.2 Å². The van der Waals surface area contributed by atoms with Gasteiger partial charge in [-0.2, -0.15) is 4.31 Å². The molecule has 2 aliphatic heterocycles. The average Bonchev–Trinajstić information content (AvgIpc) is 3.51. The summed E-state index contributed by atoms with van der Waals surface area (Å²) in [5.41, 5.74) is 6.78. The minimum atomic E-state index is -3.74. The van der Waals surface area contributed by atoms with E-state index >= 15 is 0 Å². The summed E-state index contributed by atoms with van der Waals surface area (Å²) in [5.74, 6) is -1.19. The molecule has 1 unspecified atom stereocenters. The number of carbonyl (C=O) groups is 3. The van der Waals surface area contributed by atoms with E-state index < -0.39 is 27.9 Å². The van der Waals surface area contributed by atoms with Gasteiger partial charge in [0.15, 0.2) is 0 Å². The fourth-order valence-electron chi connectivity index (χ4n) is 4.43. The van der Waals surface area contributed by atoms with Gasteiger partial charge in [0, 0.05) is 37.2 Å². The molecule has 1 atom stereocenters. The van der Waals surface area contributed by atoms with E-state index in [2.05, 4.69) is 5.32 Å². The van der Waals surface area contributed by atoms with Crippen molar-refractivity contribution in [2.24, 2.45) is 5.73 Å². The third-order valence-corrected chi connectivity index (χ3v) is 9.34. The quantitative estimate of drug-likeness (QED) is 0.513. The Bertz CT molecular complexity index is 1280. The second-order valence-corrected chi connectivity index (χ2v) is 12.0. The van der Waals surface area contributed by atoms with Gasteiger partial charge in [0.25, 0.3) is 11.8 Å². The van der Waals surface area contributed by atoms with Gasteiger partial charge < -0.3 is 25.4 Å². The lowest BCUT2D eigenvalue weighted by atomic mass is 10.0. The number of ether oxygens (including phenoxy) is 2. The SMILES string of the molecule is CCOC(=O)N1CCc2c(sc(NC(=O)c3ccc(S(=O)(=O)N(C)CC4CCCO4)cc3)c2C(N)=O)C1. The Morgan fingerprint density at radius 3 is 2.62 bits per heavy atom. The first-order chi connectivity index (χ1) is 17.6. The number of hydrogen-bond acceptors (Lipinski definition) is 8. The van der Waals surface area contributed by atoms with Crippen molar-refractivity contribution in [2.45, 2.75) is 43.7 Å². The highest BCUT2D eigenvalue weighted by Crippen LogP contribution is 2.37. The second-order valence-electron chi connectivity index (χ2n) is 8.84. The first kappa shape index (κ1) is 27.0. The number of likely N-dealkylation sites (N-methyl/N-ethyl adjacent to an activating group) is 1. The number of sulfonamides is 1. The molecule has 2 aromatic rings. The molecule has 1 fully saturated rings. The van der Waals surface area contributed by atoms with Gasteiger partial charge in [0.2, 0.25) is 10.0 Å². The van der Waals surface area contributed by atoms with Crippen LogP contribution in [0.5, 0.6) is 0 Å². The molecule has 0 saturated carbocycles. The van der Waals surface area contributed by atoms with Gasteiger partial charge in [0.1, 0.15) is 5.00 Å². The summed E-state index contributed by atoms with van der Waals surface area (Å²) in [4.78, 5) is 39.7. The lowest BCUT2D eigenvalue weighted by Crippen LogP contribution is -2.36. The zero-order chi connectivity index (χ0) is 26.7. The average molecular weight is 551 g/mol. The third kappa shape index (κ3) is 5.79. The summed E-state index contributed by atoms with van der Waals surface area (Å²) in [6.45, 7) is 3.50. The van der Waals surface area contributed by atoms with Crippen molar-refractivity contribution in [1.82, 2.24) is 9.21 Å². The van der Waals surface area contributed by atoms with Crippen molar-refractivity contribution in [3.05, 3.63) is 45.8 Å². The Morgan fingerprint density at radius 1 is 1.27 bits per heavy atom. The molecule has 1 aromatic heterocycles. The van der Waals surface area contributed by atoms with Crippen molar-refractivity contribution in [1.29, 1.82) is 0 Å². The molecule has 200 valence electrons.